The summed E-state index contributed by atoms with van der Waals surface area (Å²) in [6, 6.07) is 7.54. The Hall–Kier alpha value is -1.62. The van der Waals surface area contributed by atoms with Crippen LogP contribution in [-0.2, 0) is 7.05 Å². The van der Waals surface area contributed by atoms with Gasteiger partial charge in [-0.25, -0.2) is 0 Å². The first-order valence-electron chi connectivity index (χ1n) is 5.50. The Bertz CT molecular complexity index is 570. The van der Waals surface area contributed by atoms with E-state index in [4.69, 9.17) is 0 Å². The second kappa shape index (κ2) is 4.94. The van der Waals surface area contributed by atoms with Crippen LogP contribution in [0.4, 0.5) is 5.69 Å². The molecule has 0 fully saturated rings. The fraction of sp³-hybridized carbons (Fsp3) is 0.231. The van der Waals surface area contributed by atoms with Crippen LogP contribution in [0.5, 0.6) is 0 Å². The number of rotatable bonds is 3. The standard InChI is InChI=1S/C13H14BrN3O/c1-16(2)10-6-4-5-9(7-10)13(18)12-11(14)8-15-17(12)3/h4-8H,1-3H3. The van der Waals surface area contributed by atoms with Crippen LogP contribution in [0.1, 0.15) is 16.1 Å². The quantitative estimate of drug-likeness (QED) is 0.818. The van der Waals surface area contributed by atoms with Crippen molar-refractivity contribution in [2.24, 2.45) is 7.05 Å². The number of halogens is 1. The third-order valence-corrected chi connectivity index (χ3v) is 3.31. The van der Waals surface area contributed by atoms with Crippen LogP contribution < -0.4 is 4.90 Å². The number of nitrogens with zero attached hydrogens (tertiary/aromatic N) is 3. The second-order valence-corrected chi connectivity index (χ2v) is 5.09. The van der Waals surface area contributed by atoms with E-state index < -0.39 is 0 Å². The molecular formula is C13H14BrN3O. The molecule has 0 radical (unpaired) electrons. The fourth-order valence-electron chi connectivity index (χ4n) is 1.73. The zero-order chi connectivity index (χ0) is 13.3. The lowest BCUT2D eigenvalue weighted by Crippen LogP contribution is -2.12. The van der Waals surface area contributed by atoms with E-state index in [-0.39, 0.29) is 5.78 Å². The molecule has 0 aliphatic heterocycles. The highest BCUT2D eigenvalue weighted by Gasteiger charge is 2.17. The van der Waals surface area contributed by atoms with E-state index >= 15 is 0 Å². The average Bonchev–Trinajstić information content (AvgIpc) is 2.68. The molecule has 0 unspecified atom stereocenters. The highest BCUT2D eigenvalue weighted by atomic mass is 79.9. The number of benzene rings is 1. The summed E-state index contributed by atoms with van der Waals surface area (Å²) in [5.74, 6) is -0.0365. The Kier molecular flexibility index (Phi) is 3.52. The van der Waals surface area contributed by atoms with Gasteiger partial charge in [-0.3, -0.25) is 9.48 Å². The number of aromatic nitrogens is 2. The number of hydrogen-bond donors (Lipinski definition) is 0. The molecule has 0 saturated heterocycles. The maximum Gasteiger partial charge on any atom is 0.212 e. The first-order chi connectivity index (χ1) is 8.50. The van der Waals surface area contributed by atoms with Gasteiger partial charge in [-0.1, -0.05) is 12.1 Å². The van der Waals surface area contributed by atoms with E-state index in [9.17, 15) is 4.79 Å². The third kappa shape index (κ3) is 2.31. The van der Waals surface area contributed by atoms with E-state index in [1.807, 2.05) is 43.3 Å². The molecule has 1 aromatic carbocycles. The molecule has 0 saturated carbocycles. The van der Waals surface area contributed by atoms with Crippen LogP contribution in [-0.4, -0.2) is 29.7 Å². The van der Waals surface area contributed by atoms with E-state index in [0.29, 0.717) is 15.7 Å². The van der Waals surface area contributed by atoms with Crippen molar-refractivity contribution in [1.29, 1.82) is 0 Å². The van der Waals surface area contributed by atoms with Crippen molar-refractivity contribution in [1.82, 2.24) is 9.78 Å². The van der Waals surface area contributed by atoms with Crippen molar-refractivity contribution in [3.8, 4) is 0 Å². The number of carbonyl (C=O) groups excluding carboxylic acids is 1. The van der Waals surface area contributed by atoms with Crippen molar-refractivity contribution < 1.29 is 4.79 Å². The Labute approximate surface area is 114 Å². The van der Waals surface area contributed by atoms with Crippen LogP contribution >= 0.6 is 15.9 Å². The number of aryl methyl sites for hydroxylation is 1. The monoisotopic (exact) mass is 307 g/mol. The van der Waals surface area contributed by atoms with Crippen molar-refractivity contribution >= 4 is 27.4 Å². The molecule has 1 heterocycles. The van der Waals surface area contributed by atoms with Crippen LogP contribution in [0.3, 0.4) is 0 Å². The van der Waals surface area contributed by atoms with Gasteiger partial charge in [-0.15, -0.1) is 0 Å². The van der Waals surface area contributed by atoms with Crippen molar-refractivity contribution in [2.45, 2.75) is 0 Å². The van der Waals surface area contributed by atoms with E-state index in [1.165, 1.54) is 0 Å². The molecule has 0 atom stereocenters. The Balaban J connectivity index is 2.43. The van der Waals surface area contributed by atoms with Gasteiger partial charge in [0, 0.05) is 32.4 Å². The molecule has 2 rings (SSSR count). The first kappa shape index (κ1) is 12.8. The zero-order valence-corrected chi connectivity index (χ0v) is 12.1. The molecule has 1 aromatic heterocycles. The summed E-state index contributed by atoms with van der Waals surface area (Å²) in [6.45, 7) is 0. The number of anilines is 1. The smallest absolute Gasteiger partial charge is 0.212 e. The molecular weight excluding hydrogens is 294 g/mol. The van der Waals surface area contributed by atoms with Gasteiger partial charge in [0.25, 0.3) is 0 Å². The van der Waals surface area contributed by atoms with Crippen LogP contribution in [0.2, 0.25) is 0 Å². The zero-order valence-electron chi connectivity index (χ0n) is 10.5. The van der Waals surface area contributed by atoms with Crippen LogP contribution in [0.25, 0.3) is 0 Å². The molecule has 0 amide bonds. The van der Waals surface area contributed by atoms with E-state index in [0.717, 1.165) is 5.69 Å². The lowest BCUT2D eigenvalue weighted by Gasteiger charge is -2.13. The molecule has 4 nitrogen and oxygen atoms in total. The third-order valence-electron chi connectivity index (χ3n) is 2.73. The largest absolute Gasteiger partial charge is 0.378 e. The lowest BCUT2D eigenvalue weighted by atomic mass is 10.1. The maximum absolute atomic E-state index is 12.4. The molecule has 5 heteroatoms. The van der Waals surface area contributed by atoms with Crippen LogP contribution in [0.15, 0.2) is 34.9 Å². The highest BCUT2D eigenvalue weighted by Crippen LogP contribution is 2.21. The summed E-state index contributed by atoms with van der Waals surface area (Å²) in [7, 11) is 5.65. The SMILES string of the molecule is CN(C)c1cccc(C(=O)c2c(Br)cnn2C)c1. The van der Waals surface area contributed by atoms with Gasteiger partial charge in [0.2, 0.25) is 5.78 Å². The molecule has 18 heavy (non-hydrogen) atoms. The van der Waals surface area contributed by atoms with Gasteiger partial charge < -0.3 is 4.90 Å². The van der Waals surface area contributed by atoms with Crippen molar-refractivity contribution in [3.63, 3.8) is 0 Å². The first-order valence-corrected chi connectivity index (χ1v) is 6.29. The van der Waals surface area contributed by atoms with E-state index in [1.54, 1.807) is 17.9 Å². The maximum atomic E-state index is 12.4. The molecule has 0 aliphatic rings. The van der Waals surface area contributed by atoms with Gasteiger partial charge in [0.1, 0.15) is 5.69 Å². The Morgan fingerprint density at radius 2 is 2.11 bits per heavy atom. The Morgan fingerprint density at radius 3 is 2.67 bits per heavy atom. The topological polar surface area (TPSA) is 38.1 Å². The minimum atomic E-state index is -0.0365. The molecule has 94 valence electrons. The molecule has 0 spiro atoms. The fourth-order valence-corrected chi connectivity index (χ4v) is 2.26. The summed E-state index contributed by atoms with van der Waals surface area (Å²) in [5.41, 5.74) is 2.22. The van der Waals surface area contributed by atoms with Gasteiger partial charge in [-0.2, -0.15) is 5.10 Å². The Morgan fingerprint density at radius 1 is 1.39 bits per heavy atom. The second-order valence-electron chi connectivity index (χ2n) is 4.24. The lowest BCUT2D eigenvalue weighted by molar-refractivity contribution is 0.102. The highest BCUT2D eigenvalue weighted by molar-refractivity contribution is 9.10. The number of ketones is 1. The summed E-state index contributed by atoms with van der Waals surface area (Å²) in [4.78, 5) is 14.4. The minimum Gasteiger partial charge on any atom is -0.378 e. The van der Waals surface area contributed by atoms with Crippen LogP contribution in [0, 0.1) is 0 Å². The van der Waals surface area contributed by atoms with Gasteiger partial charge in [0.05, 0.1) is 10.7 Å². The summed E-state index contributed by atoms with van der Waals surface area (Å²) < 4.78 is 2.29. The average molecular weight is 308 g/mol. The van der Waals surface area contributed by atoms with Gasteiger partial charge >= 0.3 is 0 Å². The van der Waals surface area contributed by atoms with E-state index in [2.05, 4.69) is 21.0 Å². The molecule has 0 aliphatic carbocycles. The molecule has 0 bridgehead atoms. The summed E-state index contributed by atoms with van der Waals surface area (Å²) in [6.07, 6.45) is 1.63. The summed E-state index contributed by atoms with van der Waals surface area (Å²) >= 11 is 3.35. The van der Waals surface area contributed by atoms with Crippen molar-refractivity contribution in [2.75, 3.05) is 19.0 Å². The van der Waals surface area contributed by atoms with Gasteiger partial charge in [-0.05, 0) is 28.1 Å². The molecule has 0 N–H and O–H groups in total. The molecule has 2 aromatic rings. The predicted octanol–water partition coefficient (Wildman–Crippen LogP) is 2.48. The minimum absolute atomic E-state index is 0.0365. The van der Waals surface area contributed by atoms with Gasteiger partial charge in [0.15, 0.2) is 0 Å². The summed E-state index contributed by atoms with van der Waals surface area (Å²) in [5, 5.41) is 4.06. The predicted molar refractivity (Wildman–Crippen MR) is 75.1 cm³/mol. The number of hydrogen-bond acceptors (Lipinski definition) is 3. The van der Waals surface area contributed by atoms with Crippen molar-refractivity contribution in [3.05, 3.63) is 46.2 Å². The number of carbonyl (C=O) groups is 1. The normalized spacial score (nSPS) is 10.4.